The predicted octanol–water partition coefficient (Wildman–Crippen LogP) is 6.29. The Balaban J connectivity index is 1.43. The Morgan fingerprint density at radius 2 is 1.85 bits per heavy atom. The highest BCUT2D eigenvalue weighted by molar-refractivity contribution is 9.10. The van der Waals surface area contributed by atoms with E-state index in [0.29, 0.717) is 48.6 Å². The highest BCUT2D eigenvalue weighted by atomic mass is 79.9. The summed E-state index contributed by atoms with van der Waals surface area (Å²) in [6.45, 7) is 3.64. The quantitative estimate of drug-likeness (QED) is 0.133. The molecule has 1 saturated heterocycles. The number of urea groups is 1. The van der Waals surface area contributed by atoms with E-state index >= 15 is 0 Å². The number of fused-ring (bicyclic) bond motifs is 1. The van der Waals surface area contributed by atoms with Crippen molar-refractivity contribution in [1.29, 1.82) is 0 Å². The molecule has 12 heteroatoms. The SMILES string of the molecule is CCCc1c(OCCCCN2C(=O)NC(C)(c3ccc(F)c(Br)c3)C2=O)ccc2c(C(F)(F)F)cc(=O)oc12. The maximum atomic E-state index is 13.6. The minimum atomic E-state index is -4.72. The largest absolute Gasteiger partial charge is 0.493 e. The molecule has 2 heterocycles. The van der Waals surface area contributed by atoms with Crippen LogP contribution in [-0.2, 0) is 22.9 Å². The van der Waals surface area contributed by atoms with Crippen LogP contribution in [0.25, 0.3) is 11.0 Å². The van der Waals surface area contributed by atoms with Crippen LogP contribution in [0.2, 0.25) is 0 Å². The van der Waals surface area contributed by atoms with E-state index in [1.54, 1.807) is 6.92 Å². The maximum Gasteiger partial charge on any atom is 0.417 e. The van der Waals surface area contributed by atoms with Crippen LogP contribution in [0.4, 0.5) is 22.4 Å². The van der Waals surface area contributed by atoms with Crippen LogP contribution in [0, 0.1) is 5.82 Å². The second-order valence-electron chi connectivity index (χ2n) is 9.34. The Kier molecular flexibility index (Phi) is 8.06. The first kappa shape index (κ1) is 28.6. The van der Waals surface area contributed by atoms with E-state index in [-0.39, 0.29) is 28.6 Å². The van der Waals surface area contributed by atoms with Crippen LogP contribution in [-0.4, -0.2) is 30.0 Å². The van der Waals surface area contributed by atoms with Crippen LogP contribution in [0.3, 0.4) is 0 Å². The number of hydrogen-bond acceptors (Lipinski definition) is 5. The fourth-order valence-electron chi connectivity index (χ4n) is 4.58. The van der Waals surface area contributed by atoms with Gasteiger partial charge in [0.25, 0.3) is 5.91 Å². The summed E-state index contributed by atoms with van der Waals surface area (Å²) in [6, 6.07) is 6.60. The van der Waals surface area contributed by atoms with Gasteiger partial charge >= 0.3 is 17.8 Å². The Bertz CT molecular complexity index is 1490. The summed E-state index contributed by atoms with van der Waals surface area (Å²) in [6.07, 6.45) is -3.00. The van der Waals surface area contributed by atoms with Gasteiger partial charge < -0.3 is 14.5 Å². The summed E-state index contributed by atoms with van der Waals surface area (Å²) in [5.74, 6) is -0.661. The number of amides is 3. The summed E-state index contributed by atoms with van der Waals surface area (Å²) < 4.78 is 65.2. The standard InChI is InChI=1S/C27H25BrF4N2O5/c1-3-6-17-21(10-8-16-18(27(30,31)32)14-22(35)39-23(16)17)38-12-5-4-11-34-24(36)26(2,33-25(34)37)15-7-9-20(29)19(28)13-15/h7-10,13-14H,3-6,11-12H2,1-2H3,(H,33,37). The summed E-state index contributed by atoms with van der Waals surface area (Å²) in [7, 11) is 0. The molecule has 1 atom stereocenters. The number of imide groups is 1. The van der Waals surface area contributed by atoms with E-state index in [1.807, 2.05) is 6.92 Å². The lowest BCUT2D eigenvalue weighted by Crippen LogP contribution is -2.41. The monoisotopic (exact) mass is 612 g/mol. The third kappa shape index (κ3) is 5.66. The second-order valence-corrected chi connectivity index (χ2v) is 10.2. The molecule has 39 heavy (non-hydrogen) atoms. The van der Waals surface area contributed by atoms with E-state index in [0.717, 1.165) is 4.90 Å². The van der Waals surface area contributed by atoms with Gasteiger partial charge in [0.15, 0.2) is 0 Å². The number of unbranched alkanes of at least 4 members (excludes halogenated alkanes) is 1. The van der Waals surface area contributed by atoms with Crippen molar-refractivity contribution in [3.63, 3.8) is 0 Å². The Labute approximate surface area is 229 Å². The summed E-state index contributed by atoms with van der Waals surface area (Å²) >= 11 is 3.09. The zero-order valence-corrected chi connectivity index (χ0v) is 22.7. The first-order chi connectivity index (χ1) is 18.4. The molecule has 0 spiro atoms. The van der Waals surface area contributed by atoms with Gasteiger partial charge in [-0.2, -0.15) is 13.2 Å². The molecule has 0 radical (unpaired) electrons. The van der Waals surface area contributed by atoms with E-state index in [1.165, 1.54) is 30.3 Å². The number of ether oxygens (including phenoxy) is 1. The van der Waals surface area contributed by atoms with Gasteiger partial charge in [0.1, 0.15) is 22.7 Å². The zero-order valence-electron chi connectivity index (χ0n) is 21.1. The third-order valence-electron chi connectivity index (χ3n) is 6.58. The van der Waals surface area contributed by atoms with Crippen molar-refractivity contribution >= 4 is 38.8 Å². The highest BCUT2D eigenvalue weighted by Crippen LogP contribution is 2.38. The summed E-state index contributed by atoms with van der Waals surface area (Å²) in [4.78, 5) is 38.6. The number of benzene rings is 2. The van der Waals surface area contributed by atoms with E-state index < -0.39 is 40.7 Å². The van der Waals surface area contributed by atoms with Crippen molar-refractivity contribution in [2.75, 3.05) is 13.2 Å². The zero-order chi connectivity index (χ0) is 28.5. The molecule has 1 fully saturated rings. The molecule has 0 saturated carbocycles. The Morgan fingerprint density at radius 3 is 2.51 bits per heavy atom. The topological polar surface area (TPSA) is 88.9 Å². The molecule has 1 aromatic heterocycles. The fourth-order valence-corrected chi connectivity index (χ4v) is 4.96. The van der Waals surface area contributed by atoms with Crippen LogP contribution >= 0.6 is 15.9 Å². The number of rotatable bonds is 9. The molecule has 1 aliphatic heterocycles. The predicted molar refractivity (Wildman–Crippen MR) is 138 cm³/mol. The van der Waals surface area contributed by atoms with Crippen molar-refractivity contribution in [2.24, 2.45) is 0 Å². The molecule has 3 aromatic rings. The van der Waals surface area contributed by atoms with Gasteiger partial charge in [-0.05, 0) is 71.9 Å². The fraction of sp³-hybridized carbons (Fsp3) is 0.370. The maximum absolute atomic E-state index is 13.6. The molecule has 3 amide bonds. The number of nitrogens with one attached hydrogen (secondary N) is 1. The number of nitrogens with zero attached hydrogens (tertiary/aromatic N) is 1. The number of halogens is 5. The Morgan fingerprint density at radius 1 is 1.10 bits per heavy atom. The number of hydrogen-bond donors (Lipinski definition) is 1. The lowest BCUT2D eigenvalue weighted by atomic mass is 9.92. The molecule has 208 valence electrons. The Hall–Kier alpha value is -3.41. The molecule has 0 aliphatic carbocycles. The van der Waals surface area contributed by atoms with Gasteiger partial charge in [0, 0.05) is 23.6 Å². The number of aryl methyl sites for hydroxylation is 1. The molecular weight excluding hydrogens is 588 g/mol. The van der Waals surface area contributed by atoms with Gasteiger partial charge in [-0.3, -0.25) is 9.69 Å². The van der Waals surface area contributed by atoms with Crippen LogP contribution in [0.1, 0.15) is 49.8 Å². The number of carbonyl (C=O) groups excluding carboxylic acids is 2. The molecule has 4 rings (SSSR count). The third-order valence-corrected chi connectivity index (χ3v) is 7.19. The van der Waals surface area contributed by atoms with Crippen LogP contribution < -0.4 is 15.7 Å². The van der Waals surface area contributed by atoms with Gasteiger partial charge in [-0.25, -0.2) is 14.0 Å². The van der Waals surface area contributed by atoms with Crippen molar-refractivity contribution in [3.8, 4) is 5.75 Å². The molecular formula is C27H25BrF4N2O5. The van der Waals surface area contributed by atoms with E-state index in [9.17, 15) is 31.9 Å². The lowest BCUT2D eigenvalue weighted by molar-refractivity contribution is -0.136. The second kappa shape index (κ2) is 11.0. The van der Waals surface area contributed by atoms with E-state index in [4.69, 9.17) is 9.15 Å². The molecule has 1 N–H and O–H groups in total. The van der Waals surface area contributed by atoms with Crippen LogP contribution in [0.15, 0.2) is 50.1 Å². The smallest absolute Gasteiger partial charge is 0.417 e. The summed E-state index contributed by atoms with van der Waals surface area (Å²) in [5.41, 5.74) is -2.86. The minimum absolute atomic E-state index is 0.106. The molecule has 1 unspecified atom stereocenters. The van der Waals surface area contributed by atoms with Crippen molar-refractivity contribution in [2.45, 2.75) is 51.2 Å². The van der Waals surface area contributed by atoms with Crippen molar-refractivity contribution in [3.05, 3.63) is 73.8 Å². The molecule has 7 nitrogen and oxygen atoms in total. The minimum Gasteiger partial charge on any atom is -0.493 e. The average molecular weight is 613 g/mol. The molecule has 1 aliphatic rings. The van der Waals surface area contributed by atoms with Crippen molar-refractivity contribution < 1.29 is 36.3 Å². The average Bonchev–Trinajstić information content (AvgIpc) is 3.09. The van der Waals surface area contributed by atoms with E-state index in [2.05, 4.69) is 21.2 Å². The van der Waals surface area contributed by atoms with Crippen molar-refractivity contribution in [1.82, 2.24) is 10.2 Å². The normalized spacial score (nSPS) is 17.7. The molecule has 0 bridgehead atoms. The lowest BCUT2D eigenvalue weighted by Gasteiger charge is -2.22. The first-order valence-electron chi connectivity index (χ1n) is 12.3. The number of alkyl halides is 3. The highest BCUT2D eigenvalue weighted by Gasteiger charge is 2.48. The molecule has 2 aromatic carbocycles. The van der Waals surface area contributed by atoms with Gasteiger partial charge in [-0.1, -0.05) is 19.4 Å². The van der Waals surface area contributed by atoms with Crippen LogP contribution in [0.5, 0.6) is 5.75 Å². The summed E-state index contributed by atoms with van der Waals surface area (Å²) in [5, 5.41) is 2.45. The first-order valence-corrected chi connectivity index (χ1v) is 13.1. The number of carbonyl (C=O) groups is 2. The van der Waals surface area contributed by atoms with Gasteiger partial charge in [0.2, 0.25) is 0 Å². The van der Waals surface area contributed by atoms with Gasteiger partial charge in [0.05, 0.1) is 16.6 Å². The van der Waals surface area contributed by atoms with Gasteiger partial charge in [-0.15, -0.1) is 0 Å².